The van der Waals surface area contributed by atoms with Gasteiger partial charge >= 0.3 is 12.1 Å². The van der Waals surface area contributed by atoms with E-state index in [1.165, 1.54) is 0 Å². The highest BCUT2D eigenvalue weighted by atomic mass is 32.2. The summed E-state index contributed by atoms with van der Waals surface area (Å²) < 4.78 is 34.7. The molecule has 10 heteroatoms. The van der Waals surface area contributed by atoms with Gasteiger partial charge in [-0.25, -0.2) is 18.0 Å². The van der Waals surface area contributed by atoms with Crippen LogP contribution in [0.2, 0.25) is 0 Å². The molecule has 0 aromatic rings. The average Bonchev–Trinajstić information content (AvgIpc) is 2.38. The van der Waals surface area contributed by atoms with E-state index in [9.17, 15) is 18.0 Å². The zero-order valence-corrected chi connectivity index (χ0v) is 18.1. The molecule has 0 fully saturated rings. The molecule has 1 atom stereocenters. The van der Waals surface area contributed by atoms with Crippen LogP contribution in [0.3, 0.4) is 0 Å². The Morgan fingerprint density at radius 1 is 1.04 bits per heavy atom. The minimum absolute atomic E-state index is 0.0429. The molecule has 3 N–H and O–H groups in total. The molecule has 0 saturated carbocycles. The highest BCUT2D eigenvalue weighted by Crippen LogP contribution is 2.12. The fourth-order valence-corrected chi connectivity index (χ4v) is 3.00. The number of carbonyl (C=O) groups is 2. The molecule has 0 rings (SSSR count). The summed E-state index contributed by atoms with van der Waals surface area (Å²) in [6.45, 7) is 11.7. The van der Waals surface area contributed by atoms with Crippen LogP contribution in [-0.4, -0.2) is 61.6 Å². The number of amidine groups is 1. The molecule has 0 aromatic carbocycles. The first-order chi connectivity index (χ1) is 12.0. The van der Waals surface area contributed by atoms with Gasteiger partial charge in [0.15, 0.2) is 9.84 Å². The fourth-order valence-electron chi connectivity index (χ4n) is 1.83. The van der Waals surface area contributed by atoms with Crippen LogP contribution in [0.1, 0.15) is 54.9 Å². The Kier molecular flexibility index (Phi) is 9.24. The lowest BCUT2D eigenvalue weighted by Crippen LogP contribution is -2.46. The maximum absolute atomic E-state index is 12.4. The monoisotopic (exact) mass is 407 g/mol. The van der Waals surface area contributed by atoms with E-state index in [1.54, 1.807) is 48.5 Å². The highest BCUT2D eigenvalue weighted by molar-refractivity contribution is 7.91. The first kappa shape index (κ1) is 25.2. The number of hydrogen-bond acceptors (Lipinski definition) is 7. The number of nitrogens with one attached hydrogen (secondary N) is 1. The van der Waals surface area contributed by atoms with Crippen LogP contribution >= 0.6 is 0 Å². The molecule has 0 aromatic heterocycles. The zero-order chi connectivity index (χ0) is 21.5. The number of amides is 1. The number of aliphatic imine (C=N–C) groups is 1. The molecular formula is C17H33N3O6S. The van der Waals surface area contributed by atoms with Gasteiger partial charge in [0.2, 0.25) is 0 Å². The maximum Gasteiger partial charge on any atom is 0.408 e. The number of esters is 1. The Labute approximate surface area is 162 Å². The van der Waals surface area contributed by atoms with Crippen molar-refractivity contribution in [2.24, 2.45) is 10.7 Å². The second-order valence-corrected chi connectivity index (χ2v) is 10.5. The van der Waals surface area contributed by atoms with Gasteiger partial charge < -0.3 is 20.5 Å². The number of sulfone groups is 1. The summed E-state index contributed by atoms with van der Waals surface area (Å²) in [7, 11) is -3.48. The number of carbonyl (C=O) groups excluding carboxylic acids is 2. The van der Waals surface area contributed by atoms with E-state index in [2.05, 4.69) is 10.3 Å². The predicted octanol–water partition coefficient (Wildman–Crippen LogP) is 1.40. The largest absolute Gasteiger partial charge is 0.458 e. The molecule has 1 unspecified atom stereocenters. The fraction of sp³-hybridized carbons (Fsp3) is 0.824. The molecule has 0 radical (unpaired) electrons. The van der Waals surface area contributed by atoms with Gasteiger partial charge in [0.05, 0.1) is 23.9 Å². The van der Waals surface area contributed by atoms with E-state index >= 15 is 0 Å². The van der Waals surface area contributed by atoms with Crippen LogP contribution in [0, 0.1) is 0 Å². The number of rotatable bonds is 8. The number of hydrogen-bond donors (Lipinski definition) is 2. The topological polar surface area (TPSA) is 137 Å². The van der Waals surface area contributed by atoms with Gasteiger partial charge in [-0.2, -0.15) is 0 Å². The molecule has 0 saturated heterocycles. The van der Waals surface area contributed by atoms with E-state index in [0.29, 0.717) is 5.84 Å². The van der Waals surface area contributed by atoms with Crippen LogP contribution in [0.5, 0.6) is 0 Å². The Hall–Kier alpha value is -1.84. The lowest BCUT2D eigenvalue weighted by molar-refractivity contribution is -0.157. The summed E-state index contributed by atoms with van der Waals surface area (Å²) >= 11 is 0. The summed E-state index contributed by atoms with van der Waals surface area (Å²) in [5.41, 5.74) is 3.84. The van der Waals surface area contributed by atoms with Crippen LogP contribution in [0.25, 0.3) is 0 Å². The third kappa shape index (κ3) is 14.0. The SMILES string of the molecule is CC(N)=NCCS(=O)(=O)CCC(NC(=O)OC(C)(C)C)C(=O)OC(C)(C)C. The predicted molar refractivity (Wildman–Crippen MR) is 104 cm³/mol. The molecule has 0 bridgehead atoms. The summed E-state index contributed by atoms with van der Waals surface area (Å²) in [5.74, 6) is -0.941. The molecule has 0 heterocycles. The number of nitrogens with two attached hydrogens (primary N) is 1. The summed E-state index contributed by atoms with van der Waals surface area (Å²) in [4.78, 5) is 28.2. The first-order valence-electron chi connectivity index (χ1n) is 8.70. The third-order valence-electron chi connectivity index (χ3n) is 2.86. The average molecular weight is 408 g/mol. The van der Waals surface area contributed by atoms with E-state index in [-0.39, 0.29) is 24.5 Å². The van der Waals surface area contributed by atoms with Crippen LogP contribution in [0.4, 0.5) is 4.79 Å². The van der Waals surface area contributed by atoms with Crippen molar-refractivity contribution in [2.75, 3.05) is 18.1 Å². The Morgan fingerprint density at radius 3 is 2.00 bits per heavy atom. The van der Waals surface area contributed by atoms with Gasteiger partial charge in [0.1, 0.15) is 17.2 Å². The molecule has 1 amide bonds. The zero-order valence-electron chi connectivity index (χ0n) is 17.3. The number of alkyl carbamates (subject to hydrolysis) is 1. The van der Waals surface area contributed by atoms with Gasteiger partial charge in [-0.05, 0) is 54.9 Å². The molecule has 0 spiro atoms. The maximum atomic E-state index is 12.4. The van der Waals surface area contributed by atoms with Crippen LogP contribution in [-0.2, 0) is 24.1 Å². The Morgan fingerprint density at radius 2 is 1.56 bits per heavy atom. The van der Waals surface area contributed by atoms with Crippen molar-refractivity contribution < 1.29 is 27.5 Å². The molecule has 9 nitrogen and oxygen atoms in total. The van der Waals surface area contributed by atoms with Crippen molar-refractivity contribution in [2.45, 2.75) is 72.1 Å². The smallest absolute Gasteiger partial charge is 0.408 e. The molecule has 27 heavy (non-hydrogen) atoms. The van der Waals surface area contributed by atoms with Crippen molar-refractivity contribution in [3.05, 3.63) is 0 Å². The summed E-state index contributed by atoms with van der Waals surface area (Å²) in [5, 5.41) is 2.40. The highest BCUT2D eigenvalue weighted by Gasteiger charge is 2.29. The van der Waals surface area contributed by atoms with Gasteiger partial charge in [-0.15, -0.1) is 0 Å². The lowest BCUT2D eigenvalue weighted by atomic mass is 10.1. The van der Waals surface area contributed by atoms with E-state index in [1.807, 2.05) is 0 Å². The van der Waals surface area contributed by atoms with Gasteiger partial charge in [0.25, 0.3) is 0 Å². The van der Waals surface area contributed by atoms with Gasteiger partial charge in [-0.1, -0.05) is 0 Å². The van der Waals surface area contributed by atoms with Gasteiger partial charge in [0, 0.05) is 0 Å². The minimum atomic E-state index is -3.48. The first-order valence-corrected chi connectivity index (χ1v) is 10.5. The van der Waals surface area contributed by atoms with E-state index in [4.69, 9.17) is 15.2 Å². The summed E-state index contributed by atoms with van der Waals surface area (Å²) in [6.07, 6.45) is -0.957. The number of nitrogens with zero attached hydrogens (tertiary/aromatic N) is 1. The van der Waals surface area contributed by atoms with Crippen molar-refractivity contribution in [3.8, 4) is 0 Å². The quantitative estimate of drug-likeness (QED) is 0.352. The second-order valence-electron chi connectivity index (χ2n) is 8.20. The summed E-state index contributed by atoms with van der Waals surface area (Å²) in [6, 6.07) is -1.14. The molecular weight excluding hydrogens is 374 g/mol. The van der Waals surface area contributed by atoms with E-state index in [0.717, 1.165) is 0 Å². The van der Waals surface area contributed by atoms with Gasteiger partial charge in [-0.3, -0.25) is 4.99 Å². The molecule has 0 aliphatic rings. The molecule has 0 aliphatic carbocycles. The van der Waals surface area contributed by atoms with E-state index < -0.39 is 39.1 Å². The Bertz CT molecular complexity index is 641. The van der Waals surface area contributed by atoms with Crippen LogP contribution in [0.15, 0.2) is 4.99 Å². The van der Waals surface area contributed by atoms with Crippen molar-refractivity contribution >= 4 is 27.7 Å². The normalized spacial score (nSPS) is 14.4. The van der Waals surface area contributed by atoms with Crippen molar-refractivity contribution in [1.82, 2.24) is 5.32 Å². The minimum Gasteiger partial charge on any atom is -0.458 e. The van der Waals surface area contributed by atoms with Crippen LogP contribution < -0.4 is 11.1 Å². The number of ether oxygens (including phenoxy) is 2. The molecule has 158 valence electrons. The lowest BCUT2D eigenvalue weighted by Gasteiger charge is -2.26. The standard InChI is InChI=1S/C17H33N3O6S/c1-12(18)19-9-11-27(23,24)10-8-13(14(21)25-16(2,3)4)20-15(22)26-17(5,6)7/h13H,8-11H2,1-7H3,(H2,18,19)(H,20,22). The van der Waals surface area contributed by atoms with Crippen molar-refractivity contribution in [3.63, 3.8) is 0 Å². The third-order valence-corrected chi connectivity index (χ3v) is 4.53. The Balaban J connectivity index is 5.06. The van der Waals surface area contributed by atoms with Crippen molar-refractivity contribution in [1.29, 1.82) is 0 Å². The molecule has 0 aliphatic heterocycles. The second kappa shape index (κ2) is 9.91.